The van der Waals surface area contributed by atoms with E-state index in [-0.39, 0.29) is 10.8 Å². The van der Waals surface area contributed by atoms with Crippen LogP contribution in [0, 0.1) is 5.92 Å². The number of carbonyl (C=O) groups is 1. The average Bonchev–Trinajstić information content (AvgIpc) is 2.42. The third-order valence-corrected chi connectivity index (χ3v) is 6.61. The van der Waals surface area contributed by atoms with Gasteiger partial charge < -0.3 is 24.4 Å². The summed E-state index contributed by atoms with van der Waals surface area (Å²) in [4.78, 5) is 10.6. The van der Waals surface area contributed by atoms with Gasteiger partial charge in [-0.25, -0.2) is 4.31 Å². The van der Waals surface area contributed by atoms with E-state index in [1.165, 1.54) is 0 Å². The Kier molecular flexibility index (Phi) is 5.45. The summed E-state index contributed by atoms with van der Waals surface area (Å²) < 4.78 is 8.56. The van der Waals surface area contributed by atoms with Crippen molar-refractivity contribution in [2.75, 3.05) is 47.4 Å². The molecule has 1 fully saturated rings. The van der Waals surface area contributed by atoms with Crippen molar-refractivity contribution in [1.29, 1.82) is 0 Å². The molecule has 0 spiro atoms. The standard InChI is InChI=1S/C16H27N3O3S/c1-12-10-14(17-15(20)21)11-13(2)16(12,19(3,4)5)23-18-6-8-22-9-7-18/h10-12,17H,6-9H2,1-5H3. The molecular formula is C16H27N3O3S. The fraction of sp³-hybridized carbons (Fsp3) is 0.688. The first-order chi connectivity index (χ1) is 10.7. The van der Waals surface area contributed by atoms with Gasteiger partial charge in [0.2, 0.25) is 0 Å². The highest BCUT2D eigenvalue weighted by Gasteiger charge is 2.52. The molecular weight excluding hydrogens is 314 g/mol. The van der Waals surface area contributed by atoms with E-state index in [1.807, 2.05) is 24.1 Å². The van der Waals surface area contributed by atoms with Gasteiger partial charge >= 0.3 is 0 Å². The minimum absolute atomic E-state index is 0.155. The third kappa shape index (κ3) is 3.74. The fourth-order valence-electron chi connectivity index (χ4n) is 3.57. The molecule has 2 atom stereocenters. The molecule has 1 amide bonds. The molecule has 2 aliphatic rings. The topological polar surface area (TPSA) is 64.6 Å². The van der Waals surface area contributed by atoms with Crippen molar-refractivity contribution in [3.63, 3.8) is 0 Å². The van der Waals surface area contributed by atoms with E-state index in [4.69, 9.17) is 4.74 Å². The first-order valence-corrected chi connectivity index (χ1v) is 8.66. The van der Waals surface area contributed by atoms with Crippen LogP contribution in [0.25, 0.3) is 0 Å². The third-order valence-electron chi connectivity index (χ3n) is 4.47. The zero-order valence-corrected chi connectivity index (χ0v) is 15.4. The number of quaternary nitrogens is 1. The Hall–Kier alpha value is -1.02. The van der Waals surface area contributed by atoms with Crippen LogP contribution in [-0.2, 0) is 4.74 Å². The normalized spacial score (nSPS) is 29.7. The first-order valence-electron chi connectivity index (χ1n) is 7.89. The van der Waals surface area contributed by atoms with E-state index >= 15 is 0 Å². The van der Waals surface area contributed by atoms with Crippen molar-refractivity contribution in [2.24, 2.45) is 5.92 Å². The van der Waals surface area contributed by atoms with Gasteiger partial charge in [-0.1, -0.05) is 13.0 Å². The van der Waals surface area contributed by atoms with Crippen molar-refractivity contribution in [3.05, 3.63) is 23.4 Å². The van der Waals surface area contributed by atoms with Crippen LogP contribution in [0.5, 0.6) is 0 Å². The monoisotopic (exact) mass is 341 g/mol. The minimum atomic E-state index is -1.27. The molecule has 0 aromatic rings. The second-order valence-electron chi connectivity index (χ2n) is 6.99. The number of nitrogens with zero attached hydrogens (tertiary/aromatic N) is 2. The molecule has 0 bridgehead atoms. The Morgan fingerprint density at radius 1 is 1.43 bits per heavy atom. The Morgan fingerprint density at radius 3 is 2.52 bits per heavy atom. The Morgan fingerprint density at radius 2 is 2.04 bits per heavy atom. The second-order valence-corrected chi connectivity index (χ2v) is 8.31. The number of rotatable bonds is 4. The Labute approximate surface area is 142 Å². The summed E-state index contributed by atoms with van der Waals surface area (Å²) in [7, 11) is 6.56. The summed E-state index contributed by atoms with van der Waals surface area (Å²) in [5.41, 5.74) is 1.75. The number of morpholine rings is 1. The van der Waals surface area contributed by atoms with Crippen LogP contribution in [0.15, 0.2) is 23.4 Å². The van der Waals surface area contributed by atoms with E-state index in [9.17, 15) is 9.90 Å². The lowest BCUT2D eigenvalue weighted by atomic mass is 9.86. The number of allylic oxidation sites excluding steroid dienone is 1. The van der Waals surface area contributed by atoms with Gasteiger partial charge in [0.05, 0.1) is 34.4 Å². The number of carbonyl (C=O) groups excluding carboxylic acids is 1. The van der Waals surface area contributed by atoms with Crippen LogP contribution in [0.1, 0.15) is 13.8 Å². The van der Waals surface area contributed by atoms with Crippen molar-refractivity contribution in [2.45, 2.75) is 18.7 Å². The van der Waals surface area contributed by atoms with Gasteiger partial charge in [-0.3, -0.25) is 0 Å². The Balaban J connectivity index is 2.33. The predicted octanol–water partition coefficient (Wildman–Crippen LogP) is 0.782. The fourth-order valence-corrected chi connectivity index (χ4v) is 4.98. The summed E-state index contributed by atoms with van der Waals surface area (Å²) in [5.74, 6) is 0.155. The molecule has 1 heterocycles. The SMILES string of the molecule is CC1=CC(NC(=O)[O-])=CC(C)C1(SN1CCOCC1)[N+](C)(C)C. The largest absolute Gasteiger partial charge is 0.530 e. The van der Waals surface area contributed by atoms with Gasteiger partial charge in [-0.2, -0.15) is 0 Å². The molecule has 1 saturated heterocycles. The van der Waals surface area contributed by atoms with E-state index < -0.39 is 6.09 Å². The molecule has 130 valence electrons. The first kappa shape index (κ1) is 18.3. The highest BCUT2D eigenvalue weighted by Crippen LogP contribution is 2.49. The van der Waals surface area contributed by atoms with E-state index in [0.717, 1.165) is 36.4 Å². The summed E-state index contributed by atoms with van der Waals surface area (Å²) in [6, 6.07) is 0. The molecule has 2 rings (SSSR count). The lowest BCUT2D eigenvalue weighted by Gasteiger charge is -2.52. The predicted molar refractivity (Wildman–Crippen MR) is 90.3 cm³/mol. The average molecular weight is 341 g/mol. The molecule has 0 saturated carbocycles. The second kappa shape index (κ2) is 6.84. The van der Waals surface area contributed by atoms with Gasteiger partial charge in [0.15, 0.2) is 4.87 Å². The van der Waals surface area contributed by atoms with Crippen molar-refractivity contribution in [3.8, 4) is 0 Å². The number of carboxylic acid groups (broad SMARTS) is 1. The van der Waals surface area contributed by atoms with Gasteiger partial charge in [-0.05, 0) is 24.9 Å². The van der Waals surface area contributed by atoms with Gasteiger partial charge in [-0.15, -0.1) is 0 Å². The lowest BCUT2D eigenvalue weighted by molar-refractivity contribution is -0.903. The van der Waals surface area contributed by atoms with Crippen LogP contribution < -0.4 is 10.4 Å². The van der Waals surface area contributed by atoms with Crippen LogP contribution in [0.4, 0.5) is 4.79 Å². The maximum atomic E-state index is 10.8. The molecule has 23 heavy (non-hydrogen) atoms. The highest BCUT2D eigenvalue weighted by molar-refractivity contribution is 7.98. The zero-order chi connectivity index (χ0) is 17.3. The van der Waals surface area contributed by atoms with Gasteiger partial charge in [0.1, 0.15) is 6.09 Å². The molecule has 7 heteroatoms. The van der Waals surface area contributed by atoms with E-state index in [0.29, 0.717) is 5.70 Å². The molecule has 0 radical (unpaired) electrons. The van der Waals surface area contributed by atoms with Crippen LogP contribution >= 0.6 is 11.9 Å². The lowest BCUT2D eigenvalue weighted by Crippen LogP contribution is -2.61. The summed E-state index contributed by atoms with van der Waals surface area (Å²) in [6.45, 7) is 7.54. The number of ether oxygens (including phenoxy) is 1. The zero-order valence-electron chi connectivity index (χ0n) is 14.6. The van der Waals surface area contributed by atoms with Crippen molar-refractivity contribution in [1.82, 2.24) is 9.62 Å². The van der Waals surface area contributed by atoms with Crippen LogP contribution in [-0.4, -0.2) is 67.2 Å². The quantitative estimate of drug-likeness (QED) is 0.465. The smallest absolute Gasteiger partial charge is 0.187 e. The molecule has 1 N–H and O–H groups in total. The maximum Gasteiger partial charge on any atom is 0.187 e. The highest BCUT2D eigenvalue weighted by atomic mass is 32.2. The number of hydrogen-bond acceptors (Lipinski definition) is 5. The van der Waals surface area contributed by atoms with E-state index in [1.54, 1.807) is 0 Å². The number of likely N-dealkylation sites (N-methyl/N-ethyl adjacent to an activating group) is 1. The molecule has 6 nitrogen and oxygen atoms in total. The molecule has 0 aromatic carbocycles. The summed E-state index contributed by atoms with van der Waals surface area (Å²) in [5, 5.41) is 13.2. The number of amides is 1. The van der Waals surface area contributed by atoms with Gasteiger partial charge in [0.25, 0.3) is 0 Å². The Bertz CT molecular complexity index is 521. The molecule has 1 aliphatic carbocycles. The number of nitrogens with one attached hydrogen (secondary N) is 1. The summed E-state index contributed by atoms with van der Waals surface area (Å²) >= 11 is 1.85. The van der Waals surface area contributed by atoms with E-state index in [2.05, 4.69) is 44.6 Å². The summed E-state index contributed by atoms with van der Waals surface area (Å²) in [6.07, 6.45) is 2.64. The van der Waals surface area contributed by atoms with Crippen molar-refractivity contribution >= 4 is 18.0 Å². The molecule has 2 unspecified atom stereocenters. The van der Waals surface area contributed by atoms with Crippen molar-refractivity contribution < 1.29 is 19.1 Å². The minimum Gasteiger partial charge on any atom is -0.530 e. The maximum absolute atomic E-state index is 10.8. The van der Waals surface area contributed by atoms with Crippen LogP contribution in [0.2, 0.25) is 0 Å². The van der Waals surface area contributed by atoms with Crippen LogP contribution in [0.3, 0.4) is 0 Å². The molecule has 0 aromatic heterocycles. The van der Waals surface area contributed by atoms with Gasteiger partial charge in [0, 0.05) is 30.3 Å². The molecule has 1 aliphatic heterocycles. The number of hydrogen-bond donors (Lipinski definition) is 1.